The molecule has 0 spiro atoms. The molecule has 0 bridgehead atoms. The van der Waals surface area contributed by atoms with Crippen molar-refractivity contribution in [3.05, 3.63) is 0 Å². The molecule has 1 aliphatic rings. The molecule has 0 amide bonds. The molecule has 7 heteroatoms. The van der Waals surface area contributed by atoms with Gasteiger partial charge in [-0.1, -0.05) is 0 Å². The summed E-state index contributed by atoms with van der Waals surface area (Å²) in [5, 5.41) is 8.44. The molecule has 4 N–H and O–H groups in total. The van der Waals surface area contributed by atoms with Crippen LogP contribution in [0.5, 0.6) is 0 Å². The highest BCUT2D eigenvalue weighted by atomic mass is 31.2. The predicted octanol–water partition coefficient (Wildman–Crippen LogP) is -0.771. The third-order valence-corrected chi connectivity index (χ3v) is 1.23. The Labute approximate surface area is 70.0 Å². The van der Waals surface area contributed by atoms with E-state index >= 15 is 0 Å². The Balaban J connectivity index is 0.000000217. The highest BCUT2D eigenvalue weighted by molar-refractivity contribution is 7.45. The number of ether oxygens (including phenoxy) is 1. The fraction of sp³-hybridized carbons (Fsp3) is 1.00. The van der Waals surface area contributed by atoms with Gasteiger partial charge in [-0.05, 0) is 12.8 Å². The maximum atomic E-state index is 8.88. The van der Waals surface area contributed by atoms with Crippen molar-refractivity contribution in [1.29, 1.82) is 0 Å². The SMILES string of the molecule is O=P(O)(O)O.OCC1CCCO1. The molecule has 1 fully saturated rings. The van der Waals surface area contributed by atoms with Crippen LogP contribution in [0.15, 0.2) is 0 Å². The van der Waals surface area contributed by atoms with Crippen LogP contribution in [0.2, 0.25) is 0 Å². The van der Waals surface area contributed by atoms with Gasteiger partial charge >= 0.3 is 7.82 Å². The lowest BCUT2D eigenvalue weighted by Crippen LogP contribution is -2.09. The lowest BCUT2D eigenvalue weighted by atomic mass is 10.2. The predicted molar refractivity (Wildman–Crippen MR) is 40.3 cm³/mol. The fourth-order valence-electron chi connectivity index (χ4n) is 0.788. The molecule has 6 nitrogen and oxygen atoms in total. The zero-order valence-corrected chi connectivity index (χ0v) is 7.35. The quantitative estimate of drug-likeness (QED) is 0.414. The summed E-state index contributed by atoms with van der Waals surface area (Å²) < 4.78 is 13.9. The Morgan fingerprint density at radius 1 is 1.42 bits per heavy atom. The van der Waals surface area contributed by atoms with Crippen LogP contribution < -0.4 is 0 Å². The number of hydrogen-bond acceptors (Lipinski definition) is 3. The Kier molecular flexibility index (Phi) is 5.65. The van der Waals surface area contributed by atoms with E-state index < -0.39 is 7.82 Å². The molecule has 0 saturated carbocycles. The summed E-state index contributed by atoms with van der Waals surface area (Å²) in [5.74, 6) is 0. The summed E-state index contributed by atoms with van der Waals surface area (Å²) in [4.78, 5) is 21.6. The second-order valence-corrected chi connectivity index (χ2v) is 3.36. The van der Waals surface area contributed by atoms with Crippen LogP contribution in [0, 0.1) is 0 Å². The summed E-state index contributed by atoms with van der Waals surface area (Å²) in [6, 6.07) is 0. The van der Waals surface area contributed by atoms with Crippen molar-refractivity contribution >= 4 is 7.82 Å². The molecule has 0 aromatic rings. The summed E-state index contributed by atoms with van der Waals surface area (Å²) in [6.45, 7) is 1.03. The fourth-order valence-corrected chi connectivity index (χ4v) is 0.788. The first-order valence-electron chi connectivity index (χ1n) is 3.44. The molecule has 1 saturated heterocycles. The summed E-state index contributed by atoms with van der Waals surface area (Å²) in [7, 11) is -4.64. The molecular weight excluding hydrogens is 187 g/mol. The van der Waals surface area contributed by atoms with Gasteiger partial charge in [0.2, 0.25) is 0 Å². The average Bonchev–Trinajstić information content (AvgIpc) is 2.33. The largest absolute Gasteiger partial charge is 0.466 e. The van der Waals surface area contributed by atoms with Crippen LogP contribution in [0.25, 0.3) is 0 Å². The first kappa shape index (κ1) is 12.0. The highest BCUT2D eigenvalue weighted by Gasteiger charge is 2.12. The maximum Gasteiger partial charge on any atom is 0.466 e. The van der Waals surface area contributed by atoms with Crippen LogP contribution in [-0.4, -0.2) is 39.1 Å². The van der Waals surface area contributed by atoms with Crippen molar-refractivity contribution in [2.24, 2.45) is 0 Å². The smallest absolute Gasteiger partial charge is 0.394 e. The van der Waals surface area contributed by atoms with Crippen molar-refractivity contribution in [3.63, 3.8) is 0 Å². The van der Waals surface area contributed by atoms with Crippen LogP contribution in [0.4, 0.5) is 0 Å². The van der Waals surface area contributed by atoms with Gasteiger partial charge in [-0.25, -0.2) is 4.57 Å². The van der Waals surface area contributed by atoms with Crippen molar-refractivity contribution < 1.29 is 29.1 Å². The topological polar surface area (TPSA) is 107 Å². The normalized spacial score (nSPS) is 23.2. The lowest BCUT2D eigenvalue weighted by molar-refractivity contribution is 0.0591. The van der Waals surface area contributed by atoms with Gasteiger partial charge in [-0.3, -0.25) is 0 Å². The van der Waals surface area contributed by atoms with Crippen LogP contribution in [0.3, 0.4) is 0 Å². The molecule has 0 aliphatic carbocycles. The molecule has 1 unspecified atom stereocenters. The third kappa shape index (κ3) is 10.0. The van der Waals surface area contributed by atoms with Crippen LogP contribution >= 0.6 is 7.82 Å². The average molecular weight is 200 g/mol. The second-order valence-electron chi connectivity index (χ2n) is 2.33. The Morgan fingerprint density at radius 3 is 2.08 bits per heavy atom. The summed E-state index contributed by atoms with van der Waals surface area (Å²) in [5.41, 5.74) is 0. The van der Waals surface area contributed by atoms with Gasteiger partial charge < -0.3 is 24.5 Å². The number of hydrogen-bond donors (Lipinski definition) is 4. The van der Waals surface area contributed by atoms with Gasteiger partial charge in [0.05, 0.1) is 12.7 Å². The van der Waals surface area contributed by atoms with E-state index in [1.54, 1.807) is 0 Å². The summed E-state index contributed by atoms with van der Waals surface area (Å²) >= 11 is 0. The van der Waals surface area contributed by atoms with E-state index in [9.17, 15) is 0 Å². The molecule has 12 heavy (non-hydrogen) atoms. The molecule has 0 aromatic heterocycles. The van der Waals surface area contributed by atoms with Crippen molar-refractivity contribution in [3.8, 4) is 0 Å². The molecule has 1 heterocycles. The first-order valence-corrected chi connectivity index (χ1v) is 5.00. The molecule has 1 aliphatic heterocycles. The van der Waals surface area contributed by atoms with Gasteiger partial charge in [-0.15, -0.1) is 0 Å². The lowest BCUT2D eigenvalue weighted by Gasteiger charge is -2.00. The minimum absolute atomic E-state index is 0.153. The second kappa shape index (κ2) is 5.64. The van der Waals surface area contributed by atoms with Gasteiger partial charge in [0, 0.05) is 6.61 Å². The zero-order valence-electron chi connectivity index (χ0n) is 6.46. The van der Waals surface area contributed by atoms with Crippen molar-refractivity contribution in [2.75, 3.05) is 13.2 Å². The Morgan fingerprint density at radius 2 is 1.92 bits per heavy atom. The number of aliphatic hydroxyl groups excluding tert-OH is 1. The molecular formula is C5H13O6P. The number of rotatable bonds is 1. The monoisotopic (exact) mass is 200 g/mol. The molecule has 74 valence electrons. The van der Waals surface area contributed by atoms with Crippen LogP contribution in [0.1, 0.15) is 12.8 Å². The third-order valence-electron chi connectivity index (χ3n) is 1.23. The van der Waals surface area contributed by atoms with E-state index in [1.807, 2.05) is 0 Å². The summed E-state index contributed by atoms with van der Waals surface area (Å²) in [6.07, 6.45) is 2.31. The zero-order chi connectivity index (χ0) is 9.61. The van der Waals surface area contributed by atoms with E-state index in [1.165, 1.54) is 0 Å². The Hall–Kier alpha value is 0.0300. The van der Waals surface area contributed by atoms with Gasteiger partial charge in [0.15, 0.2) is 0 Å². The molecule has 0 aromatic carbocycles. The van der Waals surface area contributed by atoms with E-state index in [-0.39, 0.29) is 12.7 Å². The van der Waals surface area contributed by atoms with Crippen molar-refractivity contribution in [1.82, 2.24) is 0 Å². The number of aliphatic hydroxyl groups is 1. The highest BCUT2D eigenvalue weighted by Crippen LogP contribution is 2.25. The maximum absolute atomic E-state index is 8.88. The molecule has 0 radical (unpaired) electrons. The standard InChI is InChI=1S/C5H10O2.H3O4P/c6-4-5-2-1-3-7-5;1-5(2,3)4/h5-6H,1-4H2;(H3,1,2,3,4). The van der Waals surface area contributed by atoms with Gasteiger partial charge in [-0.2, -0.15) is 0 Å². The molecule has 1 atom stereocenters. The van der Waals surface area contributed by atoms with E-state index in [0.717, 1.165) is 19.4 Å². The number of phosphoric acid groups is 1. The Bertz CT molecular complexity index is 140. The minimum atomic E-state index is -4.64. The molecule has 1 rings (SSSR count). The van der Waals surface area contributed by atoms with E-state index in [2.05, 4.69) is 0 Å². The van der Waals surface area contributed by atoms with E-state index in [4.69, 9.17) is 29.1 Å². The van der Waals surface area contributed by atoms with Gasteiger partial charge in [0.25, 0.3) is 0 Å². The first-order chi connectivity index (χ1) is 5.43. The van der Waals surface area contributed by atoms with Gasteiger partial charge in [0.1, 0.15) is 0 Å². The van der Waals surface area contributed by atoms with E-state index in [0.29, 0.717) is 0 Å². The van der Waals surface area contributed by atoms with Crippen LogP contribution in [-0.2, 0) is 9.30 Å². The van der Waals surface area contributed by atoms with Crippen molar-refractivity contribution in [2.45, 2.75) is 18.9 Å². The minimum Gasteiger partial charge on any atom is -0.394 e.